The molecule has 64 heavy (non-hydrogen) atoms. The number of carbonyl (C=O) groups is 3. The summed E-state index contributed by atoms with van der Waals surface area (Å²) in [5, 5.41) is 42.1. The van der Waals surface area contributed by atoms with Crippen molar-refractivity contribution in [3.05, 3.63) is 71.7 Å². The van der Waals surface area contributed by atoms with E-state index >= 15 is 4.79 Å². The van der Waals surface area contributed by atoms with Gasteiger partial charge in [-0.3, -0.25) is 14.9 Å². The monoisotopic (exact) mass is 882 g/mol. The maximum atomic E-state index is 15.6. The van der Waals surface area contributed by atoms with Gasteiger partial charge in [0.15, 0.2) is 11.9 Å². The minimum atomic E-state index is -1.48. The van der Waals surface area contributed by atoms with Gasteiger partial charge in [-0.1, -0.05) is 62.2 Å². The normalized spacial score (nSPS) is 45.2. The van der Waals surface area contributed by atoms with Gasteiger partial charge in [0.05, 0.1) is 43.0 Å². The number of cyclic esters (lactones) is 2. The highest BCUT2D eigenvalue weighted by Gasteiger charge is 2.93. The van der Waals surface area contributed by atoms with E-state index in [1.165, 1.54) is 5.56 Å². The second kappa shape index (κ2) is 15.6. The van der Waals surface area contributed by atoms with Gasteiger partial charge in [0.2, 0.25) is 0 Å². The molecule has 0 bridgehead atoms. The van der Waals surface area contributed by atoms with Crippen molar-refractivity contribution >= 4 is 17.7 Å². The van der Waals surface area contributed by atoms with E-state index in [2.05, 4.69) is 54.0 Å². The van der Waals surface area contributed by atoms with Crippen LogP contribution in [0.15, 0.2) is 59.2 Å². The van der Waals surface area contributed by atoms with Crippen LogP contribution in [0.1, 0.15) is 102 Å². The number of benzene rings is 1. The molecular formula is C51H66N2O11. The van der Waals surface area contributed by atoms with Crippen LogP contribution in [0.2, 0.25) is 0 Å². The van der Waals surface area contributed by atoms with E-state index in [4.69, 9.17) is 23.4 Å². The smallest absolute Gasteiger partial charge is 0.339 e. The molecule has 2 spiro atoms. The molecular weight excluding hydrogens is 817 g/mol. The van der Waals surface area contributed by atoms with Crippen molar-refractivity contribution in [1.82, 2.24) is 10.6 Å². The Balaban J connectivity index is 1.01. The third-order valence-electron chi connectivity index (χ3n) is 18.8. The van der Waals surface area contributed by atoms with Gasteiger partial charge >= 0.3 is 11.9 Å². The number of nitrogens with one attached hydrogen (secondary N) is 2. The van der Waals surface area contributed by atoms with E-state index in [0.29, 0.717) is 42.5 Å². The fourth-order valence-corrected chi connectivity index (χ4v) is 16.3. The first-order valence-corrected chi connectivity index (χ1v) is 24.2. The van der Waals surface area contributed by atoms with Gasteiger partial charge in [0.25, 0.3) is 0 Å². The quantitative estimate of drug-likeness (QED) is 0.125. The number of aliphatic hydroxyl groups is 3. The summed E-state index contributed by atoms with van der Waals surface area (Å²) in [6.07, 6.45) is 8.54. The summed E-state index contributed by atoms with van der Waals surface area (Å²) in [5.41, 5.74) is -3.47. The molecule has 0 radical (unpaired) electrons. The predicted octanol–water partition coefficient (Wildman–Crippen LogP) is 4.75. The Kier molecular flexibility index (Phi) is 10.5. The molecule has 5 aliphatic heterocycles. The van der Waals surface area contributed by atoms with Gasteiger partial charge < -0.3 is 44.0 Å². The number of aliphatic hydroxyl groups excluding tert-OH is 3. The summed E-state index contributed by atoms with van der Waals surface area (Å²) in [5.74, 6) is -1.70. The lowest BCUT2D eigenvalue weighted by molar-refractivity contribution is -0.276. The molecule has 1 aromatic heterocycles. The number of fused-ring (bicyclic) bond motifs is 1. The zero-order chi connectivity index (χ0) is 44.4. The first-order valence-electron chi connectivity index (χ1n) is 24.2. The lowest BCUT2D eigenvalue weighted by Crippen LogP contribution is -2.79. The number of furan rings is 1. The van der Waals surface area contributed by atoms with Crippen molar-refractivity contribution in [2.24, 2.45) is 57.7 Å². The first kappa shape index (κ1) is 43.2. The largest absolute Gasteiger partial charge is 0.469 e. The van der Waals surface area contributed by atoms with Gasteiger partial charge in [0.1, 0.15) is 30.2 Å². The van der Waals surface area contributed by atoms with Crippen LogP contribution < -0.4 is 10.6 Å². The molecule has 5 saturated heterocycles. The van der Waals surface area contributed by atoms with Crippen molar-refractivity contribution in [2.45, 2.75) is 139 Å². The molecule has 1 aromatic carbocycles. The number of rotatable bonds is 10. The number of hydrogen-bond acceptors (Lipinski definition) is 13. The summed E-state index contributed by atoms with van der Waals surface area (Å²) in [6, 6.07) is 12.7. The van der Waals surface area contributed by atoms with Crippen molar-refractivity contribution in [3.63, 3.8) is 0 Å². The number of allylic oxidation sites excluding steroid dienone is 1. The molecule has 6 heterocycles. The molecule has 2 aromatic rings. The minimum Gasteiger partial charge on any atom is -0.469 e. The highest BCUT2D eigenvalue weighted by molar-refractivity contribution is 5.92. The Hall–Kier alpha value is -3.43. The number of esters is 2. The van der Waals surface area contributed by atoms with E-state index in [0.717, 1.165) is 58.2 Å². The van der Waals surface area contributed by atoms with Crippen LogP contribution in [-0.2, 0) is 46.2 Å². The molecule has 4 aliphatic carbocycles. The molecule has 8 fully saturated rings. The van der Waals surface area contributed by atoms with Crippen LogP contribution in [0.4, 0.5) is 0 Å². The van der Waals surface area contributed by atoms with E-state index in [9.17, 15) is 24.9 Å². The third-order valence-corrected chi connectivity index (χ3v) is 18.8. The highest BCUT2D eigenvalue weighted by atomic mass is 16.7. The van der Waals surface area contributed by atoms with Crippen LogP contribution in [0.3, 0.4) is 0 Å². The fourth-order valence-electron chi connectivity index (χ4n) is 16.3. The Labute approximate surface area is 375 Å². The molecule has 17 unspecified atom stereocenters. The highest BCUT2D eigenvalue weighted by Crippen LogP contribution is 2.82. The molecule has 17 atom stereocenters. The first-order chi connectivity index (χ1) is 30.8. The maximum Gasteiger partial charge on any atom is 0.339 e. The zero-order valence-electron chi connectivity index (χ0n) is 37.4. The molecule has 3 saturated carbocycles. The molecule has 11 rings (SSSR count). The summed E-state index contributed by atoms with van der Waals surface area (Å²) >= 11 is 0. The molecule has 0 amide bonds. The molecule has 5 N–H and O–H groups in total. The van der Waals surface area contributed by atoms with E-state index in [1.54, 1.807) is 6.26 Å². The summed E-state index contributed by atoms with van der Waals surface area (Å²) < 4.78 is 32.8. The average Bonchev–Trinajstić information content (AvgIpc) is 3.54. The van der Waals surface area contributed by atoms with Gasteiger partial charge in [-0.15, -0.1) is 0 Å². The SMILES string of the molecule is CC1(C)OC2CC(=O)OCC23C1C(=O)C(O)C1(C2CCCC(Cc4ccccc4)C2)C3CCC2(C)C(c3ccoc3CC(C(O)CO)C3C=CC(C4CNCN4)CC3)OC(=O)C3OC321. The van der Waals surface area contributed by atoms with Gasteiger partial charge in [-0.05, 0) is 100 Å². The van der Waals surface area contributed by atoms with Crippen LogP contribution in [-0.4, -0.2) is 101 Å². The number of Topliss-reactive ketones (excluding diaryl/α,β-unsaturated/α-hetero) is 1. The topological polar surface area (TPSA) is 189 Å². The minimum absolute atomic E-state index is 0.00579. The van der Waals surface area contributed by atoms with Crippen molar-refractivity contribution in [2.75, 3.05) is 26.4 Å². The average molecular weight is 883 g/mol. The standard InChI is InChI=1S/C51H66N2O11/c1-47(2)42-41(57)43(58)50(32-11-7-10-29(21-32)20-28-8-5-4-6-9-28)38(49(42)26-61-40(56)23-39(49)63-47)16-18-48(3)44(62-46(59)45-51(48,50)64-45)33-17-19-60-37(33)22-34(36(55)25-54)30-12-14-31(15-13-30)35-24-52-27-53-35/h4-6,8-9,12,14,17,19,29-32,34-36,38-39,42-45,52-55,58H,7,10-11,13,15-16,18,20-27H2,1-3H3. The summed E-state index contributed by atoms with van der Waals surface area (Å²) in [7, 11) is 0. The third kappa shape index (κ3) is 6.02. The Bertz CT molecular complexity index is 2170. The Morgan fingerprint density at radius 2 is 1.78 bits per heavy atom. The van der Waals surface area contributed by atoms with Crippen molar-refractivity contribution < 1.29 is 53.1 Å². The van der Waals surface area contributed by atoms with Crippen LogP contribution in [0.25, 0.3) is 0 Å². The van der Waals surface area contributed by atoms with Crippen molar-refractivity contribution in [3.8, 4) is 0 Å². The Morgan fingerprint density at radius 3 is 2.53 bits per heavy atom. The van der Waals surface area contributed by atoms with Gasteiger partial charge in [0, 0.05) is 53.4 Å². The number of carbonyl (C=O) groups excluding carboxylic acids is 3. The predicted molar refractivity (Wildman–Crippen MR) is 231 cm³/mol. The summed E-state index contributed by atoms with van der Waals surface area (Å²) in [4.78, 5) is 43.4. The Morgan fingerprint density at radius 1 is 0.953 bits per heavy atom. The number of ether oxygens (including phenoxy) is 4. The van der Waals surface area contributed by atoms with E-state index in [1.807, 2.05) is 26.0 Å². The van der Waals surface area contributed by atoms with E-state index < -0.39 is 76.5 Å². The van der Waals surface area contributed by atoms with Crippen LogP contribution in [0, 0.1) is 57.7 Å². The second-order valence-corrected chi connectivity index (χ2v) is 22.0. The molecule has 346 valence electrons. The van der Waals surface area contributed by atoms with Crippen molar-refractivity contribution in [1.29, 1.82) is 0 Å². The number of hydrogen-bond donors (Lipinski definition) is 5. The molecule has 13 nitrogen and oxygen atoms in total. The number of epoxide rings is 1. The summed E-state index contributed by atoms with van der Waals surface area (Å²) in [6.45, 7) is 7.23. The zero-order valence-corrected chi connectivity index (χ0v) is 37.4. The fraction of sp³-hybridized carbons (Fsp3) is 0.706. The molecule has 9 aliphatic rings. The lowest BCUT2D eigenvalue weighted by atomic mass is 9.32. The maximum absolute atomic E-state index is 15.6. The van der Waals surface area contributed by atoms with Crippen LogP contribution >= 0.6 is 0 Å². The lowest BCUT2D eigenvalue weighted by Gasteiger charge is -2.70. The van der Waals surface area contributed by atoms with Crippen LogP contribution in [0.5, 0.6) is 0 Å². The number of ketones is 1. The van der Waals surface area contributed by atoms with E-state index in [-0.39, 0.29) is 54.4 Å². The second-order valence-electron chi connectivity index (χ2n) is 22.0. The van der Waals surface area contributed by atoms with Gasteiger partial charge in [-0.25, -0.2) is 4.79 Å². The van der Waals surface area contributed by atoms with Gasteiger partial charge in [-0.2, -0.15) is 0 Å². The molecule has 13 heteroatoms.